The summed E-state index contributed by atoms with van der Waals surface area (Å²) in [6.45, 7) is 4.26. The number of carbonyl (C=O) groups is 1. The van der Waals surface area contributed by atoms with Crippen LogP contribution in [0.15, 0.2) is 16.9 Å². The van der Waals surface area contributed by atoms with E-state index < -0.39 is 0 Å². The first-order chi connectivity index (χ1) is 6.15. The monoisotopic (exact) mass is 241 g/mol. The maximum absolute atomic E-state index is 10.8. The van der Waals surface area contributed by atoms with Gasteiger partial charge < -0.3 is 0 Å². The number of hydrogen-bond acceptors (Lipinski definition) is 2. The fraction of sp³-hybridized carbons (Fsp3) is 0.400. The fourth-order valence-corrected chi connectivity index (χ4v) is 1.69. The second-order valence-electron chi connectivity index (χ2n) is 3.39. The lowest BCUT2D eigenvalue weighted by Crippen LogP contribution is -2.00. The minimum Gasteiger partial charge on any atom is -0.298 e. The molecule has 0 amide bonds. The van der Waals surface area contributed by atoms with E-state index >= 15 is 0 Å². The standard InChI is InChI=1S/C10H12BrNO/c1-7(2)5-8-3-4-12-10(11)9(8)6-13/h3-4,6-7H,5H2,1-2H3. The number of pyridine rings is 1. The molecule has 1 aromatic heterocycles. The molecule has 0 unspecified atom stereocenters. The van der Waals surface area contributed by atoms with Crippen molar-refractivity contribution in [3.63, 3.8) is 0 Å². The van der Waals surface area contributed by atoms with Gasteiger partial charge in [0.15, 0.2) is 6.29 Å². The maximum atomic E-state index is 10.8. The van der Waals surface area contributed by atoms with Gasteiger partial charge in [0, 0.05) is 6.20 Å². The predicted octanol–water partition coefficient (Wildman–Crippen LogP) is 2.86. The molecule has 1 heterocycles. The summed E-state index contributed by atoms with van der Waals surface area (Å²) in [5.74, 6) is 0.549. The molecule has 2 nitrogen and oxygen atoms in total. The van der Waals surface area contributed by atoms with Crippen molar-refractivity contribution >= 4 is 22.2 Å². The van der Waals surface area contributed by atoms with Crippen LogP contribution in [-0.2, 0) is 6.42 Å². The van der Waals surface area contributed by atoms with Crippen LogP contribution >= 0.6 is 15.9 Å². The van der Waals surface area contributed by atoms with Gasteiger partial charge in [-0.05, 0) is 39.9 Å². The number of aromatic nitrogens is 1. The molecule has 1 aromatic rings. The highest BCUT2D eigenvalue weighted by atomic mass is 79.9. The largest absolute Gasteiger partial charge is 0.298 e. The van der Waals surface area contributed by atoms with Crippen molar-refractivity contribution in [2.45, 2.75) is 20.3 Å². The summed E-state index contributed by atoms with van der Waals surface area (Å²) in [7, 11) is 0. The van der Waals surface area contributed by atoms with E-state index in [1.807, 2.05) is 6.07 Å². The zero-order valence-electron chi connectivity index (χ0n) is 7.75. The Morgan fingerprint density at radius 2 is 2.31 bits per heavy atom. The van der Waals surface area contributed by atoms with E-state index in [9.17, 15) is 4.79 Å². The summed E-state index contributed by atoms with van der Waals surface area (Å²) in [6, 6.07) is 1.90. The molecule has 0 aliphatic carbocycles. The molecule has 0 aliphatic rings. The van der Waals surface area contributed by atoms with Crippen LogP contribution in [0.25, 0.3) is 0 Å². The Labute approximate surface area is 86.5 Å². The summed E-state index contributed by atoms with van der Waals surface area (Å²) >= 11 is 3.25. The van der Waals surface area contributed by atoms with E-state index in [1.54, 1.807) is 6.20 Å². The normalized spacial score (nSPS) is 10.5. The first-order valence-corrected chi connectivity index (χ1v) is 5.03. The van der Waals surface area contributed by atoms with Gasteiger partial charge >= 0.3 is 0 Å². The Hall–Kier alpha value is -0.700. The Bertz CT molecular complexity index is 310. The third kappa shape index (κ3) is 2.62. The van der Waals surface area contributed by atoms with Crippen molar-refractivity contribution < 1.29 is 4.79 Å². The van der Waals surface area contributed by atoms with Crippen molar-refractivity contribution in [1.82, 2.24) is 4.98 Å². The van der Waals surface area contributed by atoms with Crippen LogP contribution < -0.4 is 0 Å². The lowest BCUT2D eigenvalue weighted by atomic mass is 10.0. The van der Waals surface area contributed by atoms with E-state index in [4.69, 9.17) is 0 Å². The summed E-state index contributed by atoms with van der Waals surface area (Å²) in [5, 5.41) is 0. The van der Waals surface area contributed by atoms with Crippen molar-refractivity contribution in [3.8, 4) is 0 Å². The fourth-order valence-electron chi connectivity index (χ4n) is 1.23. The highest BCUT2D eigenvalue weighted by Crippen LogP contribution is 2.18. The molecule has 0 atom stereocenters. The third-order valence-electron chi connectivity index (χ3n) is 1.78. The number of aldehydes is 1. The Morgan fingerprint density at radius 1 is 1.62 bits per heavy atom. The molecule has 0 fully saturated rings. The SMILES string of the molecule is CC(C)Cc1ccnc(Br)c1C=O. The predicted molar refractivity (Wildman–Crippen MR) is 55.9 cm³/mol. The smallest absolute Gasteiger partial charge is 0.153 e. The molecule has 1 rings (SSSR count). The summed E-state index contributed by atoms with van der Waals surface area (Å²) in [6.07, 6.45) is 3.48. The Morgan fingerprint density at radius 3 is 2.85 bits per heavy atom. The molecule has 0 aromatic carbocycles. The average Bonchev–Trinajstić information content (AvgIpc) is 2.03. The van der Waals surface area contributed by atoms with Gasteiger partial charge in [0.1, 0.15) is 4.60 Å². The van der Waals surface area contributed by atoms with Crippen molar-refractivity contribution in [3.05, 3.63) is 28.0 Å². The second-order valence-corrected chi connectivity index (χ2v) is 4.14. The minimum atomic E-state index is 0.549. The minimum absolute atomic E-state index is 0.549. The zero-order chi connectivity index (χ0) is 9.84. The summed E-state index contributed by atoms with van der Waals surface area (Å²) < 4.78 is 0.639. The molecule has 0 aliphatic heterocycles. The molecular weight excluding hydrogens is 230 g/mol. The van der Waals surface area contributed by atoms with Crippen molar-refractivity contribution in [1.29, 1.82) is 0 Å². The molecule has 70 valence electrons. The first-order valence-electron chi connectivity index (χ1n) is 4.23. The first kappa shape index (κ1) is 10.4. The maximum Gasteiger partial charge on any atom is 0.153 e. The van der Waals surface area contributed by atoms with E-state index in [-0.39, 0.29) is 0 Å². The van der Waals surface area contributed by atoms with Crippen LogP contribution in [0.4, 0.5) is 0 Å². The molecule has 0 N–H and O–H groups in total. The molecule has 0 radical (unpaired) electrons. The van der Waals surface area contributed by atoms with Crippen LogP contribution in [0.2, 0.25) is 0 Å². The van der Waals surface area contributed by atoms with Gasteiger partial charge in [-0.15, -0.1) is 0 Å². The number of halogens is 1. The third-order valence-corrected chi connectivity index (χ3v) is 2.41. The van der Waals surface area contributed by atoms with Crippen LogP contribution in [0, 0.1) is 5.92 Å². The van der Waals surface area contributed by atoms with Gasteiger partial charge in [-0.2, -0.15) is 0 Å². The van der Waals surface area contributed by atoms with Gasteiger partial charge in [-0.3, -0.25) is 4.79 Å². The average molecular weight is 242 g/mol. The van der Waals surface area contributed by atoms with E-state index in [0.29, 0.717) is 16.1 Å². The molecule has 0 saturated heterocycles. The van der Waals surface area contributed by atoms with Gasteiger partial charge in [0.2, 0.25) is 0 Å². The number of nitrogens with zero attached hydrogens (tertiary/aromatic N) is 1. The lowest BCUT2D eigenvalue weighted by molar-refractivity contribution is 0.112. The van der Waals surface area contributed by atoms with E-state index in [1.165, 1.54) is 0 Å². The molecule has 0 bridgehead atoms. The molecule has 0 spiro atoms. The number of hydrogen-bond donors (Lipinski definition) is 0. The van der Waals surface area contributed by atoms with Gasteiger partial charge in [-0.1, -0.05) is 13.8 Å². The Kier molecular flexibility index (Phi) is 3.60. The van der Waals surface area contributed by atoms with Gasteiger partial charge in [-0.25, -0.2) is 4.98 Å². The summed E-state index contributed by atoms with van der Waals surface area (Å²) in [5.41, 5.74) is 1.74. The lowest BCUT2D eigenvalue weighted by Gasteiger charge is -2.07. The molecule has 13 heavy (non-hydrogen) atoms. The van der Waals surface area contributed by atoms with Crippen LogP contribution in [0.3, 0.4) is 0 Å². The second kappa shape index (κ2) is 4.51. The van der Waals surface area contributed by atoms with Crippen molar-refractivity contribution in [2.75, 3.05) is 0 Å². The zero-order valence-corrected chi connectivity index (χ0v) is 9.34. The molecular formula is C10H12BrNO. The van der Waals surface area contributed by atoms with Gasteiger partial charge in [0.05, 0.1) is 5.56 Å². The van der Waals surface area contributed by atoms with Crippen LogP contribution in [0.1, 0.15) is 29.8 Å². The number of carbonyl (C=O) groups excluding carboxylic acids is 1. The van der Waals surface area contributed by atoms with E-state index in [2.05, 4.69) is 34.8 Å². The van der Waals surface area contributed by atoms with Crippen LogP contribution in [0.5, 0.6) is 0 Å². The van der Waals surface area contributed by atoms with Crippen molar-refractivity contribution in [2.24, 2.45) is 5.92 Å². The van der Waals surface area contributed by atoms with E-state index in [0.717, 1.165) is 18.3 Å². The van der Waals surface area contributed by atoms with Gasteiger partial charge in [0.25, 0.3) is 0 Å². The highest BCUT2D eigenvalue weighted by Gasteiger charge is 2.07. The highest BCUT2D eigenvalue weighted by molar-refractivity contribution is 9.10. The quantitative estimate of drug-likeness (QED) is 0.602. The summed E-state index contributed by atoms with van der Waals surface area (Å²) in [4.78, 5) is 14.8. The number of rotatable bonds is 3. The van der Waals surface area contributed by atoms with Crippen LogP contribution in [-0.4, -0.2) is 11.3 Å². The Balaban J connectivity index is 3.05. The topological polar surface area (TPSA) is 30.0 Å². The molecule has 0 saturated carbocycles. The molecule has 3 heteroatoms.